The van der Waals surface area contributed by atoms with E-state index < -0.39 is 39.2 Å². The molecule has 0 amide bonds. The summed E-state index contributed by atoms with van der Waals surface area (Å²) in [5, 5.41) is 18.2. The third-order valence-electron chi connectivity index (χ3n) is 7.01. The summed E-state index contributed by atoms with van der Waals surface area (Å²) in [6.45, 7) is 3.34. The lowest BCUT2D eigenvalue weighted by Crippen LogP contribution is -2.29. The zero-order valence-corrected chi connectivity index (χ0v) is 29.2. The SMILES string of the molecule is CCC/C=C\C/C=C\CCCCCCCC(=O)OC(COCCCCCCCC/C=C\CCC)COP(=O)(O)OCC(O)CO. The molecule has 0 fully saturated rings. The summed E-state index contributed by atoms with van der Waals surface area (Å²) in [6, 6.07) is 0. The van der Waals surface area contributed by atoms with Gasteiger partial charge < -0.3 is 24.6 Å². The van der Waals surface area contributed by atoms with Crippen molar-refractivity contribution in [1.82, 2.24) is 0 Å². The minimum Gasteiger partial charge on any atom is -0.457 e. The Balaban J connectivity index is 4.31. The van der Waals surface area contributed by atoms with Crippen LogP contribution in [0.15, 0.2) is 36.5 Å². The van der Waals surface area contributed by atoms with E-state index in [4.69, 9.17) is 23.6 Å². The van der Waals surface area contributed by atoms with Gasteiger partial charge in [-0.2, -0.15) is 0 Å². The third-order valence-corrected chi connectivity index (χ3v) is 7.96. The second-order valence-corrected chi connectivity index (χ2v) is 13.0. The topological polar surface area (TPSA) is 132 Å². The summed E-state index contributed by atoms with van der Waals surface area (Å²) in [5.74, 6) is -0.403. The first-order valence-corrected chi connectivity index (χ1v) is 19.0. The van der Waals surface area contributed by atoms with Crippen LogP contribution in [0.3, 0.4) is 0 Å². The molecule has 3 unspecified atom stereocenters. The largest absolute Gasteiger partial charge is 0.472 e. The number of esters is 1. The van der Waals surface area contributed by atoms with Gasteiger partial charge in [-0.15, -0.1) is 0 Å². The standard InChI is InChI=1S/C35H65O9P/c1-3-5-7-9-11-13-15-16-17-19-21-23-25-27-35(38)44-34(32-43-45(39,40)42-30-33(37)29-36)31-41-28-26-24-22-20-18-14-12-10-8-6-4-2/h7-10,13,15,33-34,36-37H,3-6,11-12,14,16-32H2,1-2H3,(H,39,40)/b9-7-,10-8-,15-13-. The van der Waals surface area contributed by atoms with E-state index in [1.165, 1.54) is 32.1 Å². The molecular formula is C35H65O9P. The number of allylic oxidation sites excluding steroid dienone is 6. The Hall–Kier alpha value is -1.32. The van der Waals surface area contributed by atoms with Crippen molar-refractivity contribution >= 4 is 13.8 Å². The van der Waals surface area contributed by atoms with E-state index in [2.05, 4.69) is 50.3 Å². The van der Waals surface area contributed by atoms with E-state index in [0.29, 0.717) is 13.0 Å². The molecule has 0 aromatic carbocycles. The van der Waals surface area contributed by atoms with Gasteiger partial charge in [0.25, 0.3) is 0 Å². The highest BCUT2D eigenvalue weighted by molar-refractivity contribution is 7.47. The van der Waals surface area contributed by atoms with Crippen molar-refractivity contribution in [1.29, 1.82) is 0 Å². The molecule has 0 heterocycles. The number of aliphatic hydroxyl groups excluding tert-OH is 2. The van der Waals surface area contributed by atoms with Gasteiger partial charge in [0, 0.05) is 13.0 Å². The molecule has 0 spiro atoms. The molecular weight excluding hydrogens is 595 g/mol. The van der Waals surface area contributed by atoms with Crippen LogP contribution in [0.5, 0.6) is 0 Å². The van der Waals surface area contributed by atoms with Crippen LogP contribution in [0.1, 0.15) is 136 Å². The van der Waals surface area contributed by atoms with Gasteiger partial charge in [-0.3, -0.25) is 13.8 Å². The number of ether oxygens (including phenoxy) is 2. The lowest BCUT2D eigenvalue weighted by Gasteiger charge is -2.20. The van der Waals surface area contributed by atoms with Crippen LogP contribution in [-0.2, 0) is 27.9 Å². The number of carbonyl (C=O) groups excluding carboxylic acids is 1. The van der Waals surface area contributed by atoms with E-state index >= 15 is 0 Å². The van der Waals surface area contributed by atoms with Crippen LogP contribution >= 0.6 is 7.82 Å². The predicted octanol–water partition coefficient (Wildman–Crippen LogP) is 8.52. The van der Waals surface area contributed by atoms with Crippen LogP contribution in [0.4, 0.5) is 0 Å². The molecule has 0 rings (SSSR count). The fourth-order valence-corrected chi connectivity index (χ4v) is 5.12. The van der Waals surface area contributed by atoms with Gasteiger partial charge in [0.2, 0.25) is 0 Å². The number of aliphatic hydroxyl groups is 2. The van der Waals surface area contributed by atoms with E-state index in [1.807, 2.05) is 0 Å². The van der Waals surface area contributed by atoms with Crippen LogP contribution in [0.25, 0.3) is 0 Å². The highest BCUT2D eigenvalue weighted by Gasteiger charge is 2.26. The number of phosphoric ester groups is 1. The van der Waals surface area contributed by atoms with Crippen LogP contribution in [-0.4, -0.2) is 66.3 Å². The normalized spacial score (nSPS) is 14.9. The molecule has 0 aromatic heterocycles. The Bertz CT molecular complexity index is 800. The Morgan fingerprint density at radius 1 is 0.689 bits per heavy atom. The van der Waals surface area contributed by atoms with Crippen molar-refractivity contribution in [3.63, 3.8) is 0 Å². The fourth-order valence-electron chi connectivity index (χ4n) is 4.33. The van der Waals surface area contributed by atoms with Gasteiger partial charge >= 0.3 is 13.8 Å². The van der Waals surface area contributed by atoms with Gasteiger partial charge in [0.05, 0.1) is 26.4 Å². The Morgan fingerprint density at radius 3 is 1.82 bits per heavy atom. The van der Waals surface area contributed by atoms with Gasteiger partial charge in [-0.1, -0.05) is 108 Å². The number of hydrogen-bond donors (Lipinski definition) is 3. The average molecular weight is 661 g/mol. The predicted molar refractivity (Wildman–Crippen MR) is 182 cm³/mol. The maximum absolute atomic E-state index is 12.5. The molecule has 3 atom stereocenters. The van der Waals surface area contributed by atoms with Crippen LogP contribution in [0, 0.1) is 0 Å². The van der Waals surface area contributed by atoms with E-state index in [0.717, 1.165) is 77.0 Å². The Morgan fingerprint density at radius 2 is 1.20 bits per heavy atom. The lowest BCUT2D eigenvalue weighted by atomic mass is 10.1. The maximum atomic E-state index is 12.5. The quantitative estimate of drug-likeness (QED) is 0.0274. The van der Waals surface area contributed by atoms with Gasteiger partial charge in [-0.25, -0.2) is 4.57 Å². The van der Waals surface area contributed by atoms with E-state index in [-0.39, 0.29) is 19.6 Å². The summed E-state index contributed by atoms with van der Waals surface area (Å²) in [7, 11) is -4.51. The molecule has 0 saturated heterocycles. The number of carbonyl (C=O) groups is 1. The molecule has 45 heavy (non-hydrogen) atoms. The first-order chi connectivity index (χ1) is 21.8. The summed E-state index contributed by atoms with van der Waals surface area (Å²) in [6.07, 6.45) is 31.0. The highest BCUT2D eigenvalue weighted by atomic mass is 31.2. The summed E-state index contributed by atoms with van der Waals surface area (Å²) in [4.78, 5) is 22.4. The van der Waals surface area contributed by atoms with Crippen molar-refractivity contribution in [2.75, 3.05) is 33.0 Å². The van der Waals surface area contributed by atoms with Crippen LogP contribution in [0.2, 0.25) is 0 Å². The molecule has 264 valence electrons. The molecule has 0 aliphatic carbocycles. The maximum Gasteiger partial charge on any atom is 0.472 e. The van der Waals surface area contributed by atoms with Gasteiger partial charge in [0.1, 0.15) is 12.2 Å². The van der Waals surface area contributed by atoms with E-state index in [9.17, 15) is 19.4 Å². The fraction of sp³-hybridized carbons (Fsp3) is 0.800. The zero-order chi connectivity index (χ0) is 33.3. The second-order valence-electron chi connectivity index (χ2n) is 11.5. The minimum atomic E-state index is -4.51. The molecule has 0 aliphatic rings. The average Bonchev–Trinajstić information content (AvgIpc) is 3.03. The smallest absolute Gasteiger partial charge is 0.457 e. The second kappa shape index (κ2) is 32.6. The summed E-state index contributed by atoms with van der Waals surface area (Å²) >= 11 is 0. The monoisotopic (exact) mass is 660 g/mol. The summed E-state index contributed by atoms with van der Waals surface area (Å²) in [5.41, 5.74) is 0. The molecule has 10 heteroatoms. The Labute approximate surface area is 274 Å². The molecule has 0 bridgehead atoms. The number of unbranched alkanes of at least 4 members (excludes halogenated alkanes) is 13. The molecule has 0 aliphatic heterocycles. The van der Waals surface area contributed by atoms with Gasteiger partial charge in [0.15, 0.2) is 0 Å². The zero-order valence-electron chi connectivity index (χ0n) is 28.3. The van der Waals surface area contributed by atoms with Crippen molar-refractivity contribution in [2.45, 2.75) is 148 Å². The molecule has 0 aromatic rings. The molecule has 9 nitrogen and oxygen atoms in total. The minimum absolute atomic E-state index is 0.0387. The molecule has 0 radical (unpaired) electrons. The Kier molecular flexibility index (Phi) is 31.7. The van der Waals surface area contributed by atoms with Crippen LogP contribution < -0.4 is 0 Å². The number of hydrogen-bond acceptors (Lipinski definition) is 8. The first kappa shape index (κ1) is 43.7. The summed E-state index contributed by atoms with van der Waals surface area (Å²) < 4.78 is 33.1. The van der Waals surface area contributed by atoms with Crippen molar-refractivity contribution in [3.8, 4) is 0 Å². The lowest BCUT2D eigenvalue weighted by molar-refractivity contribution is -0.154. The number of rotatable bonds is 33. The van der Waals surface area contributed by atoms with Crippen molar-refractivity contribution in [3.05, 3.63) is 36.5 Å². The van der Waals surface area contributed by atoms with Crippen molar-refractivity contribution in [2.24, 2.45) is 0 Å². The van der Waals surface area contributed by atoms with Crippen molar-refractivity contribution < 1.29 is 43.0 Å². The number of phosphoric acid groups is 1. The third kappa shape index (κ3) is 32.4. The first-order valence-electron chi connectivity index (χ1n) is 17.5. The highest BCUT2D eigenvalue weighted by Crippen LogP contribution is 2.43. The van der Waals surface area contributed by atoms with E-state index in [1.54, 1.807) is 0 Å². The molecule has 3 N–H and O–H groups in total. The van der Waals surface area contributed by atoms with Gasteiger partial charge in [-0.05, 0) is 57.8 Å². The molecule has 0 saturated carbocycles.